The van der Waals surface area contributed by atoms with Crippen LogP contribution < -0.4 is 0 Å². The zero-order chi connectivity index (χ0) is 10.3. The first-order valence-electron chi connectivity index (χ1n) is 3.55. The third kappa shape index (κ3) is 1.26. The standard InChI is InChI=1S/C8H2BrF3N2/c9-8-5-4(13-2-14-8)1-3(10)6(11)7(5)12/h1-2H. The third-order valence-corrected chi connectivity index (χ3v) is 2.32. The molecule has 0 aliphatic heterocycles. The van der Waals surface area contributed by atoms with Crippen molar-refractivity contribution in [3.63, 3.8) is 0 Å². The van der Waals surface area contributed by atoms with Crippen LogP contribution in [0.15, 0.2) is 17.0 Å². The second-order valence-corrected chi connectivity index (χ2v) is 3.30. The normalized spacial score (nSPS) is 10.9. The predicted molar refractivity (Wildman–Crippen MR) is 47.1 cm³/mol. The van der Waals surface area contributed by atoms with Crippen molar-refractivity contribution in [1.82, 2.24) is 9.97 Å². The lowest BCUT2D eigenvalue weighted by atomic mass is 10.2. The Bertz CT molecular complexity index is 515. The molecule has 0 saturated carbocycles. The first kappa shape index (κ1) is 9.39. The summed E-state index contributed by atoms with van der Waals surface area (Å²) < 4.78 is 38.9. The number of hydrogen-bond donors (Lipinski definition) is 0. The second-order valence-electron chi connectivity index (χ2n) is 2.54. The summed E-state index contributed by atoms with van der Waals surface area (Å²) in [7, 11) is 0. The average Bonchev–Trinajstić information content (AvgIpc) is 2.14. The molecule has 2 nitrogen and oxygen atoms in total. The van der Waals surface area contributed by atoms with Gasteiger partial charge in [0.25, 0.3) is 0 Å². The Labute approximate surface area is 84.9 Å². The Balaban J connectivity index is 2.99. The van der Waals surface area contributed by atoms with Crippen LogP contribution in [-0.2, 0) is 0 Å². The summed E-state index contributed by atoms with van der Waals surface area (Å²) in [6.07, 6.45) is 1.13. The van der Waals surface area contributed by atoms with E-state index in [0.29, 0.717) is 0 Å². The summed E-state index contributed by atoms with van der Waals surface area (Å²) in [6.45, 7) is 0. The first-order valence-corrected chi connectivity index (χ1v) is 4.34. The molecule has 0 aliphatic rings. The van der Waals surface area contributed by atoms with Crippen LogP contribution in [0.4, 0.5) is 13.2 Å². The van der Waals surface area contributed by atoms with Crippen molar-refractivity contribution < 1.29 is 13.2 Å². The van der Waals surface area contributed by atoms with E-state index in [9.17, 15) is 13.2 Å². The number of benzene rings is 1. The number of fused-ring (bicyclic) bond motifs is 1. The molecule has 14 heavy (non-hydrogen) atoms. The molecule has 0 radical (unpaired) electrons. The van der Waals surface area contributed by atoms with Crippen LogP contribution in [0.25, 0.3) is 10.9 Å². The van der Waals surface area contributed by atoms with Crippen LogP contribution in [0.3, 0.4) is 0 Å². The van der Waals surface area contributed by atoms with Gasteiger partial charge in [0.15, 0.2) is 17.5 Å². The van der Waals surface area contributed by atoms with Gasteiger partial charge in [0.2, 0.25) is 0 Å². The van der Waals surface area contributed by atoms with E-state index in [2.05, 4.69) is 25.9 Å². The van der Waals surface area contributed by atoms with Gasteiger partial charge in [-0.05, 0) is 15.9 Å². The molecule has 2 rings (SSSR count). The molecular weight excluding hydrogens is 261 g/mol. The number of hydrogen-bond acceptors (Lipinski definition) is 2. The molecule has 2 aromatic rings. The molecule has 0 N–H and O–H groups in total. The van der Waals surface area contributed by atoms with Crippen molar-refractivity contribution >= 4 is 26.8 Å². The fourth-order valence-corrected chi connectivity index (χ4v) is 1.56. The summed E-state index contributed by atoms with van der Waals surface area (Å²) in [5.41, 5.74) is 0.0169. The van der Waals surface area contributed by atoms with E-state index in [1.54, 1.807) is 0 Å². The topological polar surface area (TPSA) is 25.8 Å². The van der Waals surface area contributed by atoms with Gasteiger partial charge >= 0.3 is 0 Å². The quantitative estimate of drug-likeness (QED) is 0.539. The smallest absolute Gasteiger partial charge is 0.195 e. The average molecular weight is 263 g/mol. The van der Waals surface area contributed by atoms with Crippen molar-refractivity contribution in [2.45, 2.75) is 0 Å². The zero-order valence-electron chi connectivity index (χ0n) is 6.56. The molecule has 0 fully saturated rings. The molecule has 0 atom stereocenters. The van der Waals surface area contributed by atoms with Gasteiger partial charge in [-0.25, -0.2) is 23.1 Å². The number of rotatable bonds is 0. The van der Waals surface area contributed by atoms with E-state index >= 15 is 0 Å². The molecule has 0 spiro atoms. The molecule has 1 aromatic carbocycles. The van der Waals surface area contributed by atoms with Crippen molar-refractivity contribution in [2.24, 2.45) is 0 Å². The van der Waals surface area contributed by atoms with E-state index < -0.39 is 17.5 Å². The van der Waals surface area contributed by atoms with Gasteiger partial charge < -0.3 is 0 Å². The van der Waals surface area contributed by atoms with Crippen LogP contribution in [-0.4, -0.2) is 9.97 Å². The zero-order valence-corrected chi connectivity index (χ0v) is 8.15. The predicted octanol–water partition coefficient (Wildman–Crippen LogP) is 2.81. The highest BCUT2D eigenvalue weighted by Gasteiger charge is 2.16. The largest absolute Gasteiger partial charge is 0.236 e. The Morgan fingerprint density at radius 2 is 1.79 bits per heavy atom. The minimum absolute atomic E-state index is 0.0169. The molecule has 1 aromatic heterocycles. The van der Waals surface area contributed by atoms with E-state index in [-0.39, 0.29) is 15.5 Å². The molecule has 6 heteroatoms. The van der Waals surface area contributed by atoms with Gasteiger partial charge in [0.05, 0.1) is 10.9 Å². The molecule has 0 amide bonds. The van der Waals surface area contributed by atoms with Crippen LogP contribution in [0.5, 0.6) is 0 Å². The Kier molecular flexibility index (Phi) is 2.14. The maximum atomic E-state index is 13.2. The third-order valence-electron chi connectivity index (χ3n) is 1.72. The van der Waals surface area contributed by atoms with Gasteiger partial charge in [-0.3, -0.25) is 0 Å². The van der Waals surface area contributed by atoms with Gasteiger partial charge in [-0.2, -0.15) is 0 Å². The highest BCUT2D eigenvalue weighted by atomic mass is 79.9. The lowest BCUT2D eigenvalue weighted by Crippen LogP contribution is -1.95. The van der Waals surface area contributed by atoms with E-state index in [1.165, 1.54) is 0 Å². The monoisotopic (exact) mass is 262 g/mol. The van der Waals surface area contributed by atoms with Gasteiger partial charge in [-0.1, -0.05) is 0 Å². The highest BCUT2D eigenvalue weighted by molar-refractivity contribution is 9.10. The summed E-state index contributed by atoms with van der Waals surface area (Å²) in [5.74, 6) is -4.07. The van der Waals surface area contributed by atoms with Gasteiger partial charge in [0, 0.05) is 6.07 Å². The van der Waals surface area contributed by atoms with Crippen molar-refractivity contribution in [1.29, 1.82) is 0 Å². The number of aromatic nitrogens is 2. The van der Waals surface area contributed by atoms with E-state index in [0.717, 1.165) is 12.4 Å². The van der Waals surface area contributed by atoms with Crippen LogP contribution in [0, 0.1) is 17.5 Å². The molecule has 0 aliphatic carbocycles. The minimum atomic E-state index is -1.52. The maximum absolute atomic E-state index is 13.2. The van der Waals surface area contributed by atoms with Crippen molar-refractivity contribution in [2.75, 3.05) is 0 Å². The first-order chi connectivity index (χ1) is 6.61. The molecule has 1 heterocycles. The SMILES string of the molecule is Fc1cc2ncnc(Br)c2c(F)c1F. The van der Waals surface area contributed by atoms with Crippen LogP contribution >= 0.6 is 15.9 Å². The van der Waals surface area contributed by atoms with Crippen LogP contribution in [0.2, 0.25) is 0 Å². The van der Waals surface area contributed by atoms with E-state index in [1.807, 2.05) is 0 Å². The highest BCUT2D eigenvalue weighted by Crippen LogP contribution is 2.26. The van der Waals surface area contributed by atoms with Crippen LogP contribution in [0.1, 0.15) is 0 Å². The summed E-state index contributed by atoms with van der Waals surface area (Å²) in [5, 5.41) is -0.161. The minimum Gasteiger partial charge on any atom is -0.236 e. The summed E-state index contributed by atoms with van der Waals surface area (Å²) in [6, 6.07) is 0.820. The molecule has 0 saturated heterocycles. The lowest BCUT2D eigenvalue weighted by Gasteiger charge is -2.01. The number of nitrogens with zero attached hydrogens (tertiary/aromatic N) is 2. The fraction of sp³-hybridized carbons (Fsp3) is 0. The number of halogens is 4. The van der Waals surface area contributed by atoms with Crippen molar-refractivity contribution in [3.05, 3.63) is 34.4 Å². The lowest BCUT2D eigenvalue weighted by molar-refractivity contribution is 0.453. The maximum Gasteiger partial charge on any atom is 0.195 e. The summed E-state index contributed by atoms with van der Waals surface area (Å²) >= 11 is 2.93. The summed E-state index contributed by atoms with van der Waals surface area (Å²) in [4.78, 5) is 7.23. The van der Waals surface area contributed by atoms with Crippen molar-refractivity contribution in [3.8, 4) is 0 Å². The molecule has 0 unspecified atom stereocenters. The van der Waals surface area contributed by atoms with Gasteiger partial charge in [-0.15, -0.1) is 0 Å². The Morgan fingerprint density at radius 1 is 1.07 bits per heavy atom. The molecule has 72 valence electrons. The van der Waals surface area contributed by atoms with E-state index in [4.69, 9.17) is 0 Å². The Morgan fingerprint density at radius 3 is 2.50 bits per heavy atom. The molecule has 0 bridgehead atoms. The Hall–Kier alpha value is -1.17. The molecular formula is C8H2BrF3N2. The van der Waals surface area contributed by atoms with Gasteiger partial charge in [0.1, 0.15) is 10.9 Å². The second kappa shape index (κ2) is 3.20. The fourth-order valence-electron chi connectivity index (χ4n) is 1.09.